The number of β-lactam (4-membered cyclic amide) rings is 1. The van der Waals surface area contributed by atoms with Crippen molar-refractivity contribution in [1.82, 2.24) is 10.6 Å². The van der Waals surface area contributed by atoms with Crippen LogP contribution in [-0.4, -0.2) is 22.8 Å². The Hall–Kier alpha value is -1.56. The average Bonchev–Trinajstić information content (AvgIpc) is 2.25. The van der Waals surface area contributed by atoms with Gasteiger partial charge in [0.25, 0.3) is 0 Å². The molecule has 96 valence electrons. The summed E-state index contributed by atoms with van der Waals surface area (Å²) < 4.78 is 5.01. The summed E-state index contributed by atoms with van der Waals surface area (Å²) in [5.41, 5.74) is 0. The summed E-state index contributed by atoms with van der Waals surface area (Å²) in [4.78, 5) is 20.8. The van der Waals surface area contributed by atoms with Gasteiger partial charge >= 0.3 is 0 Å². The number of amides is 2. The maximum absolute atomic E-state index is 10.5. The lowest BCUT2D eigenvalue weighted by Crippen LogP contribution is -2.57. The van der Waals surface area contributed by atoms with Crippen molar-refractivity contribution < 1.29 is 14.3 Å². The van der Waals surface area contributed by atoms with E-state index in [2.05, 4.69) is 26.6 Å². The molecule has 5 nitrogen and oxygen atoms in total. The predicted octanol–water partition coefficient (Wildman–Crippen LogP) is 1.52. The molecule has 1 saturated heterocycles. The van der Waals surface area contributed by atoms with Crippen molar-refractivity contribution in [2.24, 2.45) is 0 Å². The van der Waals surface area contributed by atoms with Gasteiger partial charge in [-0.3, -0.25) is 9.59 Å². The van der Waals surface area contributed by atoms with Crippen molar-refractivity contribution in [1.29, 1.82) is 0 Å². The van der Waals surface area contributed by atoms with Crippen molar-refractivity contribution in [3.8, 4) is 11.5 Å². The van der Waals surface area contributed by atoms with Gasteiger partial charge in [-0.15, -0.1) is 0 Å². The Morgan fingerprint density at radius 1 is 1.56 bits per heavy atom. The number of nitrogens with one attached hydrogen (secondary N) is 2. The van der Waals surface area contributed by atoms with Crippen molar-refractivity contribution in [3.63, 3.8) is 0 Å². The second-order valence-electron chi connectivity index (χ2n) is 4.06. The van der Waals surface area contributed by atoms with Crippen LogP contribution in [0.2, 0.25) is 0 Å². The quantitative estimate of drug-likeness (QED) is 0.502. The molecule has 3 heterocycles. The van der Waals surface area contributed by atoms with Crippen LogP contribution in [0, 0.1) is 0 Å². The third-order valence-electron chi connectivity index (χ3n) is 2.49. The first-order valence-corrected chi connectivity index (χ1v) is 6.44. The van der Waals surface area contributed by atoms with Crippen molar-refractivity contribution in [2.45, 2.75) is 24.3 Å². The van der Waals surface area contributed by atoms with Crippen LogP contribution in [0.25, 0.3) is 0 Å². The normalized spacial score (nSPS) is 19.9. The Balaban J connectivity index is 0.000000146. The van der Waals surface area contributed by atoms with Gasteiger partial charge in [-0.1, -0.05) is 22.0 Å². The van der Waals surface area contributed by atoms with Crippen LogP contribution in [0.4, 0.5) is 0 Å². The first-order chi connectivity index (χ1) is 8.54. The summed E-state index contributed by atoms with van der Waals surface area (Å²) in [6.45, 7) is 1.44. The lowest BCUT2D eigenvalue weighted by Gasteiger charge is -2.31. The molecule has 1 aromatic carbocycles. The molecule has 3 aliphatic heterocycles. The van der Waals surface area contributed by atoms with Gasteiger partial charge in [-0.2, -0.15) is 0 Å². The van der Waals surface area contributed by atoms with Gasteiger partial charge in [-0.05, 0) is 12.1 Å². The van der Waals surface area contributed by atoms with Crippen molar-refractivity contribution in [3.05, 3.63) is 24.3 Å². The summed E-state index contributed by atoms with van der Waals surface area (Å²) in [6.07, 6.45) is 0.482. The van der Waals surface area contributed by atoms with E-state index in [-0.39, 0.29) is 22.8 Å². The molecule has 6 heteroatoms. The average molecular weight is 313 g/mol. The van der Waals surface area contributed by atoms with Crippen LogP contribution in [-0.2, 0) is 9.59 Å². The third-order valence-corrected chi connectivity index (χ3v) is 3.35. The van der Waals surface area contributed by atoms with Crippen LogP contribution in [0.3, 0.4) is 0 Å². The summed E-state index contributed by atoms with van der Waals surface area (Å²) >= 11 is 3.24. The molecule has 2 amide bonds. The summed E-state index contributed by atoms with van der Waals surface area (Å²) in [5, 5.41) is 5.28. The molecule has 2 N–H and O–H groups in total. The van der Waals surface area contributed by atoms with E-state index in [0.717, 1.165) is 11.5 Å². The molecule has 0 saturated carbocycles. The van der Waals surface area contributed by atoms with E-state index in [1.807, 2.05) is 24.3 Å². The highest BCUT2D eigenvalue weighted by Gasteiger charge is 2.31. The predicted molar refractivity (Wildman–Crippen MR) is 69.6 cm³/mol. The topological polar surface area (TPSA) is 67.4 Å². The third kappa shape index (κ3) is 3.22. The Labute approximate surface area is 113 Å². The summed E-state index contributed by atoms with van der Waals surface area (Å²) in [6, 6.07) is 7.90. The molecule has 0 radical (unpaired) electrons. The van der Waals surface area contributed by atoms with E-state index < -0.39 is 0 Å². The molecule has 18 heavy (non-hydrogen) atoms. The van der Waals surface area contributed by atoms with Gasteiger partial charge in [0.2, 0.25) is 11.8 Å². The largest absolute Gasteiger partial charge is 0.457 e. The number of alkyl halides is 1. The van der Waals surface area contributed by atoms with Gasteiger partial charge < -0.3 is 15.4 Å². The Morgan fingerprint density at radius 2 is 2.11 bits per heavy atom. The van der Waals surface area contributed by atoms with Gasteiger partial charge in [-0.25, -0.2) is 0 Å². The fourth-order valence-corrected chi connectivity index (χ4v) is 2.18. The number of hydrogen-bond acceptors (Lipinski definition) is 3. The Bertz CT molecular complexity index is 445. The molecule has 0 aromatic heterocycles. The molecule has 2 bridgehead atoms. The number of hydrogen-bond donors (Lipinski definition) is 2. The Morgan fingerprint density at radius 3 is 2.39 bits per heavy atom. The van der Waals surface area contributed by atoms with Crippen LogP contribution in [0.1, 0.15) is 13.3 Å². The minimum atomic E-state index is -0.141. The van der Waals surface area contributed by atoms with E-state index in [4.69, 9.17) is 4.74 Å². The second-order valence-corrected chi connectivity index (χ2v) is 5.04. The molecule has 1 aromatic rings. The summed E-state index contributed by atoms with van der Waals surface area (Å²) in [7, 11) is 0. The zero-order valence-corrected chi connectivity index (χ0v) is 11.4. The molecule has 3 aliphatic rings. The maximum atomic E-state index is 10.5. The second kappa shape index (κ2) is 5.39. The number of benzene rings is 1. The molecule has 2 unspecified atom stereocenters. The highest BCUT2D eigenvalue weighted by molar-refractivity contribution is 9.09. The number of fused-ring (bicyclic) bond motifs is 2. The zero-order chi connectivity index (χ0) is 13.1. The number of halogens is 1. The molecule has 0 spiro atoms. The smallest absolute Gasteiger partial charge is 0.222 e. The van der Waals surface area contributed by atoms with Crippen molar-refractivity contribution in [2.75, 3.05) is 0 Å². The summed E-state index contributed by atoms with van der Waals surface area (Å²) in [5.74, 6) is 1.90. The number of carbonyl (C=O) groups is 2. The molecule has 2 atom stereocenters. The lowest BCUT2D eigenvalue weighted by molar-refractivity contribution is -0.129. The fraction of sp³-hybridized carbons (Fsp3) is 0.333. The zero-order valence-electron chi connectivity index (χ0n) is 9.77. The Kier molecular flexibility index (Phi) is 3.86. The van der Waals surface area contributed by atoms with Crippen LogP contribution in [0.5, 0.6) is 11.5 Å². The molecule has 0 aliphatic carbocycles. The van der Waals surface area contributed by atoms with Crippen LogP contribution >= 0.6 is 15.9 Å². The van der Waals surface area contributed by atoms with Crippen LogP contribution in [0.15, 0.2) is 24.3 Å². The molecule has 1 fully saturated rings. The number of ether oxygens (including phenoxy) is 1. The minimum Gasteiger partial charge on any atom is -0.457 e. The van der Waals surface area contributed by atoms with E-state index in [9.17, 15) is 9.59 Å². The molecular formula is C12H13BrN2O3. The maximum Gasteiger partial charge on any atom is 0.222 e. The van der Waals surface area contributed by atoms with E-state index in [0.29, 0.717) is 6.42 Å². The van der Waals surface area contributed by atoms with Gasteiger partial charge in [0.1, 0.15) is 16.5 Å². The first-order valence-electron chi connectivity index (χ1n) is 5.53. The highest BCUT2D eigenvalue weighted by atomic mass is 79.9. The van der Waals surface area contributed by atoms with E-state index in [1.165, 1.54) is 6.92 Å². The molecule has 4 rings (SSSR count). The monoisotopic (exact) mass is 312 g/mol. The van der Waals surface area contributed by atoms with E-state index in [1.54, 1.807) is 0 Å². The van der Waals surface area contributed by atoms with Crippen molar-refractivity contribution >= 4 is 27.7 Å². The number of carbonyl (C=O) groups excluding carboxylic acids is 2. The number of rotatable bonds is 2. The van der Waals surface area contributed by atoms with Gasteiger partial charge in [0.05, 0.1) is 6.04 Å². The van der Waals surface area contributed by atoms with Crippen LogP contribution < -0.4 is 15.4 Å². The molecular weight excluding hydrogens is 300 g/mol. The van der Waals surface area contributed by atoms with Gasteiger partial charge in [0, 0.05) is 19.4 Å². The van der Waals surface area contributed by atoms with E-state index >= 15 is 0 Å². The minimum absolute atomic E-state index is 0.0322. The highest BCUT2D eigenvalue weighted by Crippen LogP contribution is 2.32. The van der Waals surface area contributed by atoms with Gasteiger partial charge in [0.15, 0.2) is 0 Å². The SMILES string of the molecule is CC(=O)NC(Br)C1CC(=O)N1.c1cc2cc(c1)O2. The lowest BCUT2D eigenvalue weighted by atomic mass is 10.1. The standard InChI is InChI=1S/C6H9BrN2O2.C6H4O/c1-3(10)8-6(7)4-2-5(11)9-4;1-2-5-4-6(3-1)7-5/h4,6H,2H2,1H3,(H,8,10)(H,9,11);1-4H. The fourth-order valence-electron chi connectivity index (χ4n) is 1.54. The first kappa shape index (κ1) is 12.9.